The van der Waals surface area contributed by atoms with Crippen molar-refractivity contribution in [2.45, 2.75) is 18.8 Å². The van der Waals surface area contributed by atoms with E-state index in [-0.39, 0.29) is 13.4 Å². The first-order valence-electron chi connectivity index (χ1n) is 9.39. The van der Waals surface area contributed by atoms with Gasteiger partial charge in [-0.25, -0.2) is 0 Å². The lowest BCUT2D eigenvalue weighted by atomic mass is 9.82. The summed E-state index contributed by atoms with van der Waals surface area (Å²) >= 11 is 0. The van der Waals surface area contributed by atoms with Gasteiger partial charge in [0.25, 0.3) is 0 Å². The van der Waals surface area contributed by atoms with Crippen LogP contribution in [0.15, 0.2) is 30.3 Å². The van der Waals surface area contributed by atoms with Crippen molar-refractivity contribution in [3.8, 4) is 28.7 Å². The van der Waals surface area contributed by atoms with Gasteiger partial charge in [-0.1, -0.05) is 6.07 Å². The molecule has 0 spiro atoms. The third-order valence-electron chi connectivity index (χ3n) is 4.87. The van der Waals surface area contributed by atoms with Crippen LogP contribution in [0.25, 0.3) is 0 Å². The molecule has 1 aliphatic rings. The summed E-state index contributed by atoms with van der Waals surface area (Å²) in [6, 6.07) is 8.43. The van der Waals surface area contributed by atoms with E-state index in [2.05, 4.69) is 0 Å². The van der Waals surface area contributed by atoms with Gasteiger partial charge in [-0.15, -0.1) is 0 Å². The van der Waals surface area contributed by atoms with Crippen molar-refractivity contribution in [1.82, 2.24) is 0 Å². The van der Waals surface area contributed by atoms with E-state index in [1.54, 1.807) is 37.3 Å². The van der Waals surface area contributed by atoms with Crippen molar-refractivity contribution in [1.29, 1.82) is 0 Å². The summed E-state index contributed by atoms with van der Waals surface area (Å²) in [4.78, 5) is 25.1. The Morgan fingerprint density at radius 1 is 1.00 bits per heavy atom. The fourth-order valence-corrected chi connectivity index (χ4v) is 3.47. The molecule has 8 heteroatoms. The Morgan fingerprint density at radius 3 is 2.23 bits per heavy atom. The Balaban J connectivity index is 2.11. The maximum atomic E-state index is 12.9. The Hall–Kier alpha value is -3.42. The van der Waals surface area contributed by atoms with Crippen LogP contribution in [0.3, 0.4) is 0 Å². The third-order valence-corrected chi connectivity index (χ3v) is 4.87. The van der Waals surface area contributed by atoms with Crippen LogP contribution < -0.4 is 23.7 Å². The smallest absolute Gasteiger partial charge is 0.314 e. The van der Waals surface area contributed by atoms with E-state index in [4.69, 9.17) is 28.4 Å². The molecule has 30 heavy (non-hydrogen) atoms. The van der Waals surface area contributed by atoms with E-state index in [1.165, 1.54) is 21.3 Å². The Labute approximate surface area is 174 Å². The highest BCUT2D eigenvalue weighted by molar-refractivity contribution is 5.85. The lowest BCUT2D eigenvalue weighted by Crippen LogP contribution is -2.24. The molecule has 1 heterocycles. The number of hydrogen-bond acceptors (Lipinski definition) is 8. The number of carbonyl (C=O) groups is 2. The number of ether oxygens (including phenoxy) is 6. The van der Waals surface area contributed by atoms with Crippen LogP contribution in [0.1, 0.15) is 29.9 Å². The second-order valence-electron chi connectivity index (χ2n) is 6.46. The molecule has 2 aromatic rings. The van der Waals surface area contributed by atoms with Gasteiger partial charge in [0.1, 0.15) is 6.29 Å². The van der Waals surface area contributed by atoms with Crippen molar-refractivity contribution in [2.24, 2.45) is 0 Å². The van der Waals surface area contributed by atoms with Gasteiger partial charge < -0.3 is 33.2 Å². The zero-order valence-electron chi connectivity index (χ0n) is 17.3. The molecule has 8 nitrogen and oxygen atoms in total. The number of benzene rings is 2. The highest BCUT2D eigenvalue weighted by atomic mass is 16.7. The molecular weight excluding hydrogens is 392 g/mol. The molecule has 1 aliphatic heterocycles. The molecule has 0 bridgehead atoms. The predicted molar refractivity (Wildman–Crippen MR) is 107 cm³/mol. The summed E-state index contributed by atoms with van der Waals surface area (Å²) in [6.07, 6.45) is 0.715. The summed E-state index contributed by atoms with van der Waals surface area (Å²) in [5.41, 5.74) is 1.10. The summed E-state index contributed by atoms with van der Waals surface area (Å²) in [6.45, 7) is 2.00. The summed E-state index contributed by atoms with van der Waals surface area (Å²) in [5.74, 6) is -0.0450. The first-order chi connectivity index (χ1) is 14.6. The summed E-state index contributed by atoms with van der Waals surface area (Å²) in [5, 5.41) is 0. The molecule has 0 fully saturated rings. The molecule has 0 aromatic heterocycles. The molecule has 0 aliphatic carbocycles. The SMILES string of the molecule is CCOC(=O)C(c1ccc2c(c1)OCO2)C(C=O)c1cc(OC)c(OC)c(OC)c1. The third kappa shape index (κ3) is 3.98. The van der Waals surface area contributed by atoms with Crippen LogP contribution in [0.5, 0.6) is 28.7 Å². The van der Waals surface area contributed by atoms with Gasteiger partial charge >= 0.3 is 5.97 Å². The highest BCUT2D eigenvalue weighted by Gasteiger charge is 2.35. The average Bonchev–Trinajstić information content (AvgIpc) is 3.24. The van der Waals surface area contributed by atoms with Crippen LogP contribution in [0.4, 0.5) is 0 Å². The number of carbonyl (C=O) groups excluding carboxylic acids is 2. The molecule has 2 atom stereocenters. The van der Waals surface area contributed by atoms with Gasteiger partial charge in [0.15, 0.2) is 23.0 Å². The maximum absolute atomic E-state index is 12.9. The van der Waals surface area contributed by atoms with Gasteiger partial charge in [-0.2, -0.15) is 0 Å². The lowest BCUT2D eigenvalue weighted by molar-refractivity contribution is -0.146. The van der Waals surface area contributed by atoms with E-state index in [9.17, 15) is 9.59 Å². The predicted octanol–water partition coefficient (Wildman–Crippen LogP) is 3.07. The minimum atomic E-state index is -0.903. The normalized spacial score (nSPS) is 13.9. The topological polar surface area (TPSA) is 89.5 Å². The zero-order chi connectivity index (χ0) is 21.7. The number of aldehydes is 1. The van der Waals surface area contributed by atoms with E-state index >= 15 is 0 Å². The Kier molecular flexibility index (Phi) is 6.66. The van der Waals surface area contributed by atoms with Crippen molar-refractivity contribution in [3.05, 3.63) is 41.5 Å². The van der Waals surface area contributed by atoms with Gasteiger partial charge in [0, 0.05) is 0 Å². The molecule has 160 valence electrons. The van der Waals surface area contributed by atoms with Crippen LogP contribution in [-0.2, 0) is 14.3 Å². The monoisotopic (exact) mass is 416 g/mol. The van der Waals surface area contributed by atoms with E-state index < -0.39 is 17.8 Å². The standard InChI is InChI=1S/C22H24O8/c1-5-28-22(24)20(13-6-7-16-17(8-13)30-12-29-16)15(11-23)14-9-18(25-2)21(27-4)19(10-14)26-3/h6-11,15,20H,5,12H2,1-4H3. The molecule has 2 aromatic carbocycles. The van der Waals surface area contributed by atoms with Gasteiger partial charge in [-0.05, 0) is 42.3 Å². The Bertz CT molecular complexity index is 898. The Morgan fingerprint density at radius 2 is 1.67 bits per heavy atom. The number of fused-ring (bicyclic) bond motifs is 1. The van der Waals surface area contributed by atoms with Crippen LogP contribution in [-0.4, -0.2) is 47.0 Å². The molecule has 0 saturated heterocycles. The summed E-state index contributed by atoms with van der Waals surface area (Å²) in [7, 11) is 4.46. The van der Waals surface area contributed by atoms with Crippen molar-refractivity contribution in [2.75, 3.05) is 34.7 Å². The molecule has 0 radical (unpaired) electrons. The number of esters is 1. The van der Waals surface area contributed by atoms with E-state index in [1.807, 2.05) is 0 Å². The number of methoxy groups -OCH3 is 3. The lowest BCUT2D eigenvalue weighted by Gasteiger charge is -2.24. The van der Waals surface area contributed by atoms with Crippen LogP contribution in [0, 0.1) is 0 Å². The van der Waals surface area contributed by atoms with Crippen molar-refractivity contribution < 1.29 is 38.0 Å². The minimum absolute atomic E-state index is 0.104. The van der Waals surface area contributed by atoms with E-state index in [0.29, 0.717) is 46.2 Å². The minimum Gasteiger partial charge on any atom is -0.493 e. The van der Waals surface area contributed by atoms with Crippen LogP contribution >= 0.6 is 0 Å². The highest BCUT2D eigenvalue weighted by Crippen LogP contribution is 2.44. The molecule has 0 saturated carbocycles. The van der Waals surface area contributed by atoms with Gasteiger partial charge in [0.05, 0.1) is 39.8 Å². The fourth-order valence-electron chi connectivity index (χ4n) is 3.47. The quantitative estimate of drug-likeness (QED) is 0.455. The first-order valence-corrected chi connectivity index (χ1v) is 9.39. The largest absolute Gasteiger partial charge is 0.493 e. The average molecular weight is 416 g/mol. The van der Waals surface area contributed by atoms with Crippen molar-refractivity contribution >= 4 is 12.3 Å². The first kappa shape index (κ1) is 21.3. The van der Waals surface area contributed by atoms with Gasteiger partial charge in [-0.3, -0.25) is 4.79 Å². The molecule has 3 rings (SSSR count). The number of rotatable bonds is 9. The fraction of sp³-hybridized carbons (Fsp3) is 0.364. The molecule has 0 amide bonds. The second-order valence-corrected chi connectivity index (χ2v) is 6.46. The van der Waals surface area contributed by atoms with E-state index in [0.717, 1.165) is 0 Å². The zero-order valence-corrected chi connectivity index (χ0v) is 17.3. The summed E-state index contributed by atoms with van der Waals surface area (Å²) < 4.78 is 32.2. The van der Waals surface area contributed by atoms with Crippen LogP contribution in [0.2, 0.25) is 0 Å². The molecule has 2 unspecified atom stereocenters. The van der Waals surface area contributed by atoms with Crippen molar-refractivity contribution in [3.63, 3.8) is 0 Å². The maximum Gasteiger partial charge on any atom is 0.314 e. The van der Waals surface area contributed by atoms with Gasteiger partial charge in [0.2, 0.25) is 12.5 Å². The molecular formula is C22H24O8. The molecule has 0 N–H and O–H groups in total. The number of hydrogen-bond donors (Lipinski definition) is 0. The second kappa shape index (κ2) is 9.39.